The molecule has 1 aliphatic carbocycles. The Balaban J connectivity index is 1.18. The maximum Gasteiger partial charge on any atom is 0.323 e. The number of likely N-dealkylation sites (N-methyl/N-ethyl adjacent to an activating group) is 2. The number of nitrogens with one attached hydrogen (secondary N) is 3. The number of hydrogen-bond donors (Lipinski definition) is 3. The van der Waals surface area contributed by atoms with Crippen LogP contribution in [0.2, 0.25) is 0 Å². The van der Waals surface area contributed by atoms with Crippen LogP contribution in [0.4, 0.5) is 30.8 Å². The zero-order valence-corrected chi connectivity index (χ0v) is 23.3. The molecular weight excluding hydrogens is 546 g/mol. The van der Waals surface area contributed by atoms with E-state index in [1.54, 1.807) is 18.0 Å². The predicted molar refractivity (Wildman–Crippen MR) is 153 cm³/mol. The summed E-state index contributed by atoms with van der Waals surface area (Å²) < 4.78 is 33.9. The monoisotopic (exact) mass is 578 g/mol. The van der Waals surface area contributed by atoms with Crippen molar-refractivity contribution in [1.29, 1.82) is 0 Å². The summed E-state index contributed by atoms with van der Waals surface area (Å²) in [6.07, 6.45) is 4.03. The lowest BCUT2D eigenvalue weighted by molar-refractivity contribution is -0.131. The lowest BCUT2D eigenvalue weighted by Gasteiger charge is -2.35. The van der Waals surface area contributed by atoms with Crippen LogP contribution in [0.15, 0.2) is 60.8 Å². The second kappa shape index (κ2) is 12.1. The van der Waals surface area contributed by atoms with Gasteiger partial charge in [-0.1, -0.05) is 0 Å². The molecule has 42 heavy (non-hydrogen) atoms. The topological polar surface area (TPSA) is 116 Å². The Morgan fingerprint density at radius 1 is 0.976 bits per heavy atom. The number of anilines is 3. The fourth-order valence-electron chi connectivity index (χ4n) is 4.87. The number of nitrogens with zero attached hydrogens (tertiary/aromatic N) is 3. The molecule has 0 spiro atoms. The standard InChI is InChI=1S/C30H32F2N6O4/c1-37-15-3-4-21(18-37)38(2)29(41)36-26-17-23(11-14-33-26)42-22-9-10-25(24(32)16-22)35-28(40)30(12-13-30)27(39)34-20-7-5-19(31)6-8-20/h5-11,14,16-17,21H,3-4,12-13,15,18H2,1-2H3,(H,34,39)(H,35,40)(H,33,36,41). The van der Waals surface area contributed by atoms with Crippen LogP contribution in [-0.2, 0) is 9.59 Å². The second-order valence-electron chi connectivity index (χ2n) is 10.7. The number of rotatable bonds is 8. The number of ether oxygens (including phenoxy) is 1. The average Bonchev–Trinajstić information content (AvgIpc) is 3.78. The highest BCUT2D eigenvalue weighted by atomic mass is 19.1. The Labute approximate surface area is 242 Å². The van der Waals surface area contributed by atoms with Gasteiger partial charge in [-0.05, 0) is 81.7 Å². The smallest absolute Gasteiger partial charge is 0.323 e. The third kappa shape index (κ3) is 6.65. The number of benzene rings is 2. The van der Waals surface area contributed by atoms with Gasteiger partial charge in [-0.3, -0.25) is 14.9 Å². The van der Waals surface area contributed by atoms with Crippen molar-refractivity contribution in [3.63, 3.8) is 0 Å². The maximum absolute atomic E-state index is 14.9. The van der Waals surface area contributed by atoms with Crippen LogP contribution in [-0.4, -0.2) is 65.9 Å². The Bertz CT molecular complexity index is 1480. The van der Waals surface area contributed by atoms with Crippen molar-refractivity contribution < 1.29 is 27.9 Å². The third-order valence-corrected chi connectivity index (χ3v) is 7.58. The Kier molecular flexibility index (Phi) is 8.34. The second-order valence-corrected chi connectivity index (χ2v) is 10.7. The molecule has 1 atom stereocenters. The summed E-state index contributed by atoms with van der Waals surface area (Å²) >= 11 is 0. The number of halogens is 2. The molecule has 1 aliphatic heterocycles. The van der Waals surface area contributed by atoms with Crippen molar-refractivity contribution in [2.75, 3.05) is 43.1 Å². The summed E-state index contributed by atoms with van der Waals surface area (Å²) in [5.74, 6) is -1.60. The fraction of sp³-hybridized carbons (Fsp3) is 0.333. The molecular formula is C30H32F2N6O4. The molecule has 0 radical (unpaired) electrons. The summed E-state index contributed by atoms with van der Waals surface area (Å²) in [4.78, 5) is 46.5. The molecule has 1 saturated carbocycles. The quantitative estimate of drug-likeness (QED) is 0.322. The van der Waals surface area contributed by atoms with Gasteiger partial charge in [-0.15, -0.1) is 0 Å². The number of aromatic nitrogens is 1. The van der Waals surface area contributed by atoms with Gasteiger partial charge in [0.05, 0.1) is 5.69 Å². The summed E-state index contributed by atoms with van der Waals surface area (Å²) in [6, 6.07) is 12.0. The number of carbonyl (C=O) groups excluding carboxylic acids is 3. The van der Waals surface area contributed by atoms with E-state index in [1.807, 2.05) is 7.05 Å². The molecule has 0 bridgehead atoms. The number of urea groups is 1. The summed E-state index contributed by atoms with van der Waals surface area (Å²) in [5.41, 5.74) is -1.07. The van der Waals surface area contributed by atoms with E-state index >= 15 is 0 Å². The largest absolute Gasteiger partial charge is 0.457 e. The van der Waals surface area contributed by atoms with E-state index in [9.17, 15) is 23.2 Å². The van der Waals surface area contributed by atoms with Gasteiger partial charge in [-0.25, -0.2) is 18.6 Å². The lowest BCUT2D eigenvalue weighted by atomic mass is 10.0. The zero-order valence-electron chi connectivity index (χ0n) is 23.3. The SMILES string of the molecule is CN1CCCC(N(C)C(=O)Nc2cc(Oc3ccc(NC(=O)C4(C(=O)Nc5ccc(F)cc5)CC4)c(F)c3)ccn2)C1. The molecule has 2 aliphatic rings. The minimum absolute atomic E-state index is 0.101. The number of pyridine rings is 1. The van der Waals surface area contributed by atoms with Gasteiger partial charge in [0, 0.05) is 43.7 Å². The van der Waals surface area contributed by atoms with Crippen molar-refractivity contribution in [1.82, 2.24) is 14.8 Å². The van der Waals surface area contributed by atoms with Gasteiger partial charge in [0.1, 0.15) is 34.4 Å². The van der Waals surface area contributed by atoms with Crippen molar-refractivity contribution in [3.8, 4) is 11.5 Å². The Morgan fingerprint density at radius 3 is 2.38 bits per heavy atom. The minimum Gasteiger partial charge on any atom is -0.457 e. The number of carbonyl (C=O) groups is 3. The van der Waals surface area contributed by atoms with Gasteiger partial charge in [0.15, 0.2) is 0 Å². The summed E-state index contributed by atoms with van der Waals surface area (Å²) in [7, 11) is 3.79. The lowest BCUT2D eigenvalue weighted by Crippen LogP contribution is -2.48. The van der Waals surface area contributed by atoms with E-state index in [2.05, 4.69) is 25.8 Å². The van der Waals surface area contributed by atoms with Crippen LogP contribution in [0.3, 0.4) is 0 Å². The molecule has 1 aromatic heterocycles. The highest BCUT2D eigenvalue weighted by molar-refractivity contribution is 6.16. The number of piperidine rings is 1. The first-order valence-corrected chi connectivity index (χ1v) is 13.7. The van der Waals surface area contributed by atoms with E-state index in [-0.39, 0.29) is 29.3 Å². The van der Waals surface area contributed by atoms with Crippen molar-refractivity contribution in [2.45, 2.75) is 31.7 Å². The van der Waals surface area contributed by atoms with Crippen molar-refractivity contribution in [3.05, 3.63) is 72.4 Å². The molecule has 2 fully saturated rings. The molecule has 10 nitrogen and oxygen atoms in total. The molecule has 4 amide bonds. The van der Waals surface area contributed by atoms with E-state index < -0.39 is 28.9 Å². The molecule has 3 aromatic rings. The normalized spacial score (nSPS) is 17.6. The molecule has 2 aromatic carbocycles. The first kappa shape index (κ1) is 28.9. The third-order valence-electron chi connectivity index (χ3n) is 7.58. The Hall–Kier alpha value is -4.58. The van der Waals surface area contributed by atoms with Gasteiger partial charge in [0.2, 0.25) is 11.8 Å². The van der Waals surface area contributed by atoms with E-state index in [0.717, 1.165) is 32.0 Å². The number of likely N-dealkylation sites (tertiary alicyclic amines) is 1. The van der Waals surface area contributed by atoms with Crippen LogP contribution in [0.1, 0.15) is 25.7 Å². The Morgan fingerprint density at radius 2 is 1.69 bits per heavy atom. The van der Waals surface area contributed by atoms with Crippen molar-refractivity contribution in [2.24, 2.45) is 5.41 Å². The van der Waals surface area contributed by atoms with Crippen LogP contribution in [0, 0.1) is 17.0 Å². The van der Waals surface area contributed by atoms with E-state index in [4.69, 9.17) is 4.74 Å². The predicted octanol–water partition coefficient (Wildman–Crippen LogP) is 5.07. The van der Waals surface area contributed by atoms with Gasteiger partial charge < -0.3 is 25.2 Å². The van der Waals surface area contributed by atoms with Gasteiger partial charge in [0.25, 0.3) is 0 Å². The molecule has 3 N–H and O–H groups in total. The summed E-state index contributed by atoms with van der Waals surface area (Å²) in [6.45, 7) is 1.81. The van der Waals surface area contributed by atoms with Crippen LogP contribution < -0.4 is 20.7 Å². The zero-order chi connectivity index (χ0) is 29.9. The number of amides is 4. The molecule has 1 saturated heterocycles. The number of hydrogen-bond acceptors (Lipinski definition) is 6. The van der Waals surface area contributed by atoms with E-state index in [1.165, 1.54) is 48.7 Å². The molecule has 220 valence electrons. The van der Waals surface area contributed by atoms with E-state index in [0.29, 0.717) is 24.3 Å². The van der Waals surface area contributed by atoms with Gasteiger partial charge >= 0.3 is 6.03 Å². The minimum atomic E-state index is -1.32. The fourth-order valence-corrected chi connectivity index (χ4v) is 4.87. The average molecular weight is 579 g/mol. The van der Waals surface area contributed by atoms with Crippen LogP contribution in [0.5, 0.6) is 11.5 Å². The van der Waals surface area contributed by atoms with Crippen LogP contribution in [0.25, 0.3) is 0 Å². The highest BCUT2D eigenvalue weighted by Crippen LogP contribution is 2.47. The van der Waals surface area contributed by atoms with Crippen molar-refractivity contribution >= 4 is 35.0 Å². The molecule has 5 rings (SSSR count). The molecule has 2 heterocycles. The maximum atomic E-state index is 14.9. The summed E-state index contributed by atoms with van der Waals surface area (Å²) in [5, 5.41) is 7.88. The molecule has 12 heteroatoms. The van der Waals surface area contributed by atoms with Crippen LogP contribution >= 0.6 is 0 Å². The highest BCUT2D eigenvalue weighted by Gasteiger charge is 2.56. The first-order valence-electron chi connectivity index (χ1n) is 13.7. The molecule has 1 unspecified atom stereocenters. The first-order chi connectivity index (χ1) is 20.1. The van der Waals surface area contributed by atoms with Gasteiger partial charge in [-0.2, -0.15) is 0 Å².